The highest BCUT2D eigenvalue weighted by atomic mass is 32.2. The maximum Gasteiger partial charge on any atom is 0.340 e. The lowest BCUT2D eigenvalue weighted by Gasteiger charge is -2.33. The van der Waals surface area contributed by atoms with Crippen molar-refractivity contribution in [2.24, 2.45) is 0 Å². The van der Waals surface area contributed by atoms with Crippen LogP contribution in [0.5, 0.6) is 11.5 Å². The number of hydrogen-bond donors (Lipinski definition) is 2. The van der Waals surface area contributed by atoms with Gasteiger partial charge in [-0.05, 0) is 39.2 Å². The van der Waals surface area contributed by atoms with Gasteiger partial charge in [0.05, 0.1) is 48.1 Å². The Balaban J connectivity index is 1.71. The summed E-state index contributed by atoms with van der Waals surface area (Å²) in [6.07, 6.45) is -0.0640. The number of carbonyl (C=O) groups excluding carboxylic acids is 1. The van der Waals surface area contributed by atoms with Crippen molar-refractivity contribution in [3.05, 3.63) is 33.2 Å². The van der Waals surface area contributed by atoms with Crippen molar-refractivity contribution in [2.75, 3.05) is 18.6 Å². The van der Waals surface area contributed by atoms with Crippen molar-refractivity contribution in [1.29, 1.82) is 0 Å². The van der Waals surface area contributed by atoms with E-state index in [9.17, 15) is 23.1 Å². The molecule has 1 aromatic heterocycles. The van der Waals surface area contributed by atoms with Crippen molar-refractivity contribution < 1.29 is 32.2 Å². The molecule has 0 bridgehead atoms. The number of fused-ring (bicyclic) bond motifs is 3. The number of ether oxygens (including phenoxy) is 2. The van der Waals surface area contributed by atoms with Gasteiger partial charge in [-0.15, -0.1) is 0 Å². The van der Waals surface area contributed by atoms with Crippen LogP contribution in [0.3, 0.4) is 0 Å². The zero-order chi connectivity index (χ0) is 23.4. The third-order valence-corrected chi connectivity index (χ3v) is 7.88. The SMILES string of the molecule is COc1cc2c(c3oc(=O)c(CC(=O)N[C@@H]4CS(=O)(=O)C[C@@H]4O)c(C)c13)CCC(C)(C)O2. The molecule has 0 unspecified atom stereocenters. The number of amides is 1. The minimum Gasteiger partial charge on any atom is -0.496 e. The minimum atomic E-state index is -3.41. The van der Waals surface area contributed by atoms with Gasteiger partial charge >= 0.3 is 5.63 Å². The smallest absolute Gasteiger partial charge is 0.340 e. The molecule has 0 saturated carbocycles. The molecule has 4 rings (SSSR count). The molecule has 1 aromatic carbocycles. The van der Waals surface area contributed by atoms with Gasteiger partial charge < -0.3 is 24.3 Å². The summed E-state index contributed by atoms with van der Waals surface area (Å²) < 4.78 is 40.6. The summed E-state index contributed by atoms with van der Waals surface area (Å²) in [5.41, 5.74) is 0.882. The summed E-state index contributed by atoms with van der Waals surface area (Å²) in [4.78, 5) is 25.4. The summed E-state index contributed by atoms with van der Waals surface area (Å²) in [5, 5.41) is 13.0. The summed E-state index contributed by atoms with van der Waals surface area (Å²) in [6, 6.07) is 0.872. The molecular weight excluding hydrogens is 438 g/mol. The molecule has 0 aliphatic carbocycles. The van der Waals surface area contributed by atoms with Gasteiger partial charge in [0.25, 0.3) is 0 Å². The van der Waals surface area contributed by atoms with E-state index in [0.717, 1.165) is 12.0 Å². The van der Waals surface area contributed by atoms with E-state index >= 15 is 0 Å². The maximum atomic E-state index is 12.8. The van der Waals surface area contributed by atoms with Crippen LogP contribution in [0, 0.1) is 6.92 Å². The third kappa shape index (κ3) is 4.09. The normalized spacial score (nSPS) is 23.4. The van der Waals surface area contributed by atoms with Crippen molar-refractivity contribution in [3.8, 4) is 11.5 Å². The number of methoxy groups -OCH3 is 1. The van der Waals surface area contributed by atoms with Crippen molar-refractivity contribution in [3.63, 3.8) is 0 Å². The summed E-state index contributed by atoms with van der Waals surface area (Å²) in [6.45, 7) is 5.70. The molecule has 10 heteroatoms. The fraction of sp³-hybridized carbons (Fsp3) is 0.545. The number of nitrogens with one attached hydrogen (secondary N) is 1. The largest absolute Gasteiger partial charge is 0.496 e. The number of aryl methyl sites for hydroxylation is 2. The Bertz CT molecular complexity index is 1260. The van der Waals surface area contributed by atoms with Gasteiger partial charge in [0.1, 0.15) is 22.7 Å². The van der Waals surface area contributed by atoms with Crippen LogP contribution in [0.15, 0.2) is 15.3 Å². The highest BCUT2D eigenvalue weighted by molar-refractivity contribution is 7.91. The summed E-state index contributed by atoms with van der Waals surface area (Å²) in [7, 11) is -1.90. The van der Waals surface area contributed by atoms with Gasteiger partial charge in [-0.1, -0.05) is 0 Å². The highest BCUT2D eigenvalue weighted by Crippen LogP contribution is 2.43. The number of aliphatic hydroxyl groups is 1. The lowest BCUT2D eigenvalue weighted by Crippen LogP contribution is -2.43. The van der Waals surface area contributed by atoms with Crippen molar-refractivity contribution in [2.45, 2.75) is 57.8 Å². The van der Waals surface area contributed by atoms with Crippen LogP contribution in [0.2, 0.25) is 0 Å². The lowest BCUT2D eigenvalue weighted by atomic mass is 9.91. The number of sulfone groups is 1. The van der Waals surface area contributed by atoms with E-state index < -0.39 is 39.3 Å². The molecule has 2 atom stereocenters. The predicted octanol–water partition coefficient (Wildman–Crippen LogP) is 1.03. The third-order valence-electron chi connectivity index (χ3n) is 6.17. The molecule has 2 aliphatic heterocycles. The molecule has 1 fully saturated rings. The van der Waals surface area contributed by atoms with E-state index in [1.807, 2.05) is 13.8 Å². The van der Waals surface area contributed by atoms with Crippen LogP contribution in [0.25, 0.3) is 11.0 Å². The van der Waals surface area contributed by atoms with Gasteiger partial charge in [0.15, 0.2) is 9.84 Å². The molecule has 1 amide bonds. The van der Waals surface area contributed by atoms with Crippen LogP contribution in [-0.2, 0) is 27.5 Å². The van der Waals surface area contributed by atoms with Gasteiger partial charge in [-0.25, -0.2) is 13.2 Å². The van der Waals surface area contributed by atoms with Crippen LogP contribution in [-0.4, -0.2) is 55.8 Å². The van der Waals surface area contributed by atoms with Crippen LogP contribution in [0.4, 0.5) is 0 Å². The zero-order valence-corrected chi connectivity index (χ0v) is 19.3. The van der Waals surface area contributed by atoms with Crippen molar-refractivity contribution in [1.82, 2.24) is 5.32 Å². The molecule has 174 valence electrons. The number of carbonyl (C=O) groups is 1. The second kappa shape index (κ2) is 7.77. The van der Waals surface area contributed by atoms with E-state index in [1.54, 1.807) is 13.0 Å². The lowest BCUT2D eigenvalue weighted by molar-refractivity contribution is -0.121. The predicted molar refractivity (Wildman–Crippen MR) is 117 cm³/mol. The quantitative estimate of drug-likeness (QED) is 0.640. The Morgan fingerprint density at radius 2 is 2.06 bits per heavy atom. The summed E-state index contributed by atoms with van der Waals surface area (Å²) in [5.74, 6) is -0.215. The molecule has 32 heavy (non-hydrogen) atoms. The monoisotopic (exact) mass is 465 g/mol. The zero-order valence-electron chi connectivity index (χ0n) is 18.5. The Morgan fingerprint density at radius 3 is 2.69 bits per heavy atom. The number of hydrogen-bond acceptors (Lipinski definition) is 8. The second-order valence-corrected chi connectivity index (χ2v) is 11.3. The Morgan fingerprint density at radius 1 is 1.34 bits per heavy atom. The maximum absolute atomic E-state index is 12.8. The van der Waals surface area contributed by atoms with Crippen LogP contribution < -0.4 is 20.4 Å². The van der Waals surface area contributed by atoms with Gasteiger partial charge in [-0.3, -0.25) is 4.79 Å². The van der Waals surface area contributed by atoms with Gasteiger partial charge in [-0.2, -0.15) is 0 Å². The molecular formula is C22H27NO8S. The molecule has 2 N–H and O–H groups in total. The average molecular weight is 466 g/mol. The standard InChI is InChI=1S/C22H27NO8S/c1-11-13(7-18(25)23-14-9-32(27,28)10-15(14)24)21(26)30-20-12-5-6-22(2,3)31-16(12)8-17(29-4)19(11)20/h8,14-15,24H,5-7,9-10H2,1-4H3,(H,23,25)/t14-,15+/m1/s1. The molecule has 2 aromatic rings. The number of benzene rings is 1. The molecule has 3 heterocycles. The minimum absolute atomic E-state index is 0.153. The first-order valence-electron chi connectivity index (χ1n) is 10.4. The number of aliphatic hydroxyl groups excluding tert-OH is 1. The van der Waals surface area contributed by atoms with Gasteiger partial charge in [0.2, 0.25) is 5.91 Å². The van der Waals surface area contributed by atoms with E-state index in [4.69, 9.17) is 13.9 Å². The average Bonchev–Trinajstić information content (AvgIpc) is 2.94. The van der Waals surface area contributed by atoms with Crippen molar-refractivity contribution >= 4 is 26.7 Å². The highest BCUT2D eigenvalue weighted by Gasteiger charge is 2.37. The molecule has 2 aliphatic rings. The molecule has 0 spiro atoms. The van der Waals surface area contributed by atoms with Crippen LogP contribution >= 0.6 is 0 Å². The Labute approximate surface area is 185 Å². The summed E-state index contributed by atoms with van der Waals surface area (Å²) >= 11 is 0. The second-order valence-electron chi connectivity index (χ2n) is 9.11. The fourth-order valence-corrected chi connectivity index (χ4v) is 6.17. The first-order valence-corrected chi connectivity index (χ1v) is 12.3. The van der Waals surface area contributed by atoms with E-state index in [1.165, 1.54) is 7.11 Å². The van der Waals surface area contributed by atoms with E-state index in [-0.39, 0.29) is 23.3 Å². The first-order chi connectivity index (χ1) is 14.9. The Hall–Kier alpha value is -2.59. The fourth-order valence-electron chi connectivity index (χ4n) is 4.43. The molecule has 0 radical (unpaired) electrons. The molecule has 1 saturated heterocycles. The van der Waals surface area contributed by atoms with Gasteiger partial charge in [0, 0.05) is 11.6 Å². The Kier molecular flexibility index (Phi) is 5.49. The van der Waals surface area contributed by atoms with E-state index in [0.29, 0.717) is 34.5 Å². The molecule has 9 nitrogen and oxygen atoms in total. The number of rotatable bonds is 4. The first kappa shape index (κ1) is 22.6. The van der Waals surface area contributed by atoms with Crippen LogP contribution in [0.1, 0.15) is 37.0 Å². The van der Waals surface area contributed by atoms with E-state index in [2.05, 4.69) is 5.32 Å². The topological polar surface area (TPSA) is 132 Å².